The quantitative estimate of drug-likeness (QED) is 0.231. The van der Waals surface area contributed by atoms with Crippen LogP contribution in [0.2, 0.25) is 0 Å². The maximum Gasteiger partial charge on any atom is 0.310 e. The SMILES string of the molecule is CC1(C)C(C(=O)OCc2c(F)c(F)c(I)c(F)c2F)C1(C)C. The summed E-state index contributed by atoms with van der Waals surface area (Å²) in [7, 11) is 0. The van der Waals surface area contributed by atoms with Crippen molar-refractivity contribution in [2.24, 2.45) is 16.7 Å². The van der Waals surface area contributed by atoms with Gasteiger partial charge in [0.05, 0.1) is 15.1 Å². The molecular weight excluding hydrogens is 415 g/mol. The Kier molecular flexibility index (Phi) is 4.25. The lowest BCUT2D eigenvalue weighted by Gasteiger charge is -2.10. The molecule has 0 aliphatic heterocycles. The number of carbonyl (C=O) groups excluding carboxylic acids is 1. The van der Waals surface area contributed by atoms with Crippen molar-refractivity contribution < 1.29 is 27.1 Å². The summed E-state index contributed by atoms with van der Waals surface area (Å²) >= 11 is 1.17. The molecule has 0 aromatic heterocycles. The Morgan fingerprint density at radius 2 is 1.41 bits per heavy atom. The minimum absolute atomic E-state index is 0.302. The highest BCUT2D eigenvalue weighted by Crippen LogP contribution is 2.68. The van der Waals surface area contributed by atoms with Gasteiger partial charge in [0.15, 0.2) is 23.3 Å². The summed E-state index contributed by atoms with van der Waals surface area (Å²) in [4.78, 5) is 12.0. The van der Waals surface area contributed by atoms with E-state index in [0.29, 0.717) is 0 Å². The van der Waals surface area contributed by atoms with Crippen LogP contribution in [0, 0.1) is 43.6 Å². The van der Waals surface area contributed by atoms with Gasteiger partial charge in [-0.2, -0.15) is 0 Å². The molecule has 0 bridgehead atoms. The van der Waals surface area contributed by atoms with Gasteiger partial charge >= 0.3 is 5.97 Å². The molecular formula is C15H15F4IO2. The zero-order valence-electron chi connectivity index (χ0n) is 12.5. The fraction of sp³-hybridized carbons (Fsp3) is 0.533. The van der Waals surface area contributed by atoms with E-state index in [1.54, 1.807) is 0 Å². The highest BCUT2D eigenvalue weighted by molar-refractivity contribution is 14.1. The predicted octanol–water partition coefficient (Wildman–Crippen LogP) is 4.57. The summed E-state index contributed by atoms with van der Waals surface area (Å²) in [6.45, 7) is 6.67. The predicted molar refractivity (Wildman–Crippen MR) is 79.8 cm³/mol. The first-order valence-corrected chi connectivity index (χ1v) is 7.69. The molecule has 0 saturated heterocycles. The van der Waals surface area contributed by atoms with Gasteiger partial charge in [-0.3, -0.25) is 4.79 Å². The monoisotopic (exact) mass is 430 g/mol. The molecule has 0 unspecified atom stereocenters. The normalized spacial score (nSPS) is 19.1. The van der Waals surface area contributed by atoms with Gasteiger partial charge in [-0.25, -0.2) is 17.6 Å². The molecule has 0 amide bonds. The third kappa shape index (κ3) is 2.41. The van der Waals surface area contributed by atoms with Crippen molar-refractivity contribution >= 4 is 28.6 Å². The smallest absolute Gasteiger partial charge is 0.310 e. The highest BCUT2D eigenvalue weighted by Gasteiger charge is 2.69. The number of hydrogen-bond acceptors (Lipinski definition) is 2. The zero-order valence-corrected chi connectivity index (χ0v) is 14.6. The Labute approximate surface area is 139 Å². The summed E-state index contributed by atoms with van der Waals surface area (Å²) in [5.41, 5.74) is -1.52. The largest absolute Gasteiger partial charge is 0.460 e. The van der Waals surface area contributed by atoms with Crippen molar-refractivity contribution in [3.05, 3.63) is 32.4 Å². The molecule has 22 heavy (non-hydrogen) atoms. The average Bonchev–Trinajstić information content (AvgIpc) is 2.84. The maximum absolute atomic E-state index is 13.7. The van der Waals surface area contributed by atoms with Crippen LogP contribution in [0.25, 0.3) is 0 Å². The molecule has 1 aromatic rings. The first-order valence-electron chi connectivity index (χ1n) is 6.61. The maximum atomic E-state index is 13.7. The molecule has 0 radical (unpaired) electrons. The third-order valence-electron chi connectivity index (χ3n) is 4.92. The summed E-state index contributed by atoms with van der Waals surface area (Å²) in [6.07, 6.45) is 0. The number of rotatable bonds is 3. The Morgan fingerprint density at radius 3 is 1.77 bits per heavy atom. The van der Waals surface area contributed by atoms with E-state index in [-0.39, 0.29) is 10.8 Å². The van der Waals surface area contributed by atoms with Crippen LogP contribution in [0.15, 0.2) is 0 Å². The van der Waals surface area contributed by atoms with E-state index in [0.717, 1.165) is 0 Å². The topological polar surface area (TPSA) is 26.3 Å². The Hall–Kier alpha value is -0.860. The molecule has 0 atom stereocenters. The lowest BCUT2D eigenvalue weighted by atomic mass is 10.0. The fourth-order valence-corrected chi connectivity index (χ4v) is 3.26. The second-order valence-corrected chi connectivity index (χ2v) is 7.61. The van der Waals surface area contributed by atoms with Crippen LogP contribution in [0.1, 0.15) is 33.3 Å². The summed E-state index contributed by atoms with van der Waals surface area (Å²) in [5, 5.41) is 0. The molecule has 2 rings (SSSR count). The van der Waals surface area contributed by atoms with Crippen LogP contribution in [0.3, 0.4) is 0 Å². The van der Waals surface area contributed by atoms with Crippen molar-refractivity contribution in [3.63, 3.8) is 0 Å². The fourth-order valence-electron chi connectivity index (χ4n) is 2.79. The van der Waals surface area contributed by atoms with Crippen molar-refractivity contribution in [2.75, 3.05) is 0 Å². The van der Waals surface area contributed by atoms with Crippen LogP contribution in [-0.2, 0) is 16.1 Å². The van der Waals surface area contributed by atoms with Gasteiger partial charge in [0, 0.05) is 0 Å². The summed E-state index contributed by atoms with van der Waals surface area (Å²) < 4.78 is 58.4. The van der Waals surface area contributed by atoms with E-state index in [2.05, 4.69) is 0 Å². The first kappa shape index (κ1) is 17.5. The molecule has 1 aliphatic carbocycles. The van der Waals surface area contributed by atoms with Crippen molar-refractivity contribution in [1.82, 2.24) is 0 Å². The number of carbonyl (C=O) groups is 1. The van der Waals surface area contributed by atoms with Crippen molar-refractivity contribution in [2.45, 2.75) is 34.3 Å². The first-order chi connectivity index (χ1) is 9.94. The second-order valence-electron chi connectivity index (χ2n) is 6.53. The van der Waals surface area contributed by atoms with Gasteiger partial charge in [0.1, 0.15) is 6.61 Å². The zero-order chi connectivity index (χ0) is 17.0. The van der Waals surface area contributed by atoms with Crippen molar-refractivity contribution in [1.29, 1.82) is 0 Å². The van der Waals surface area contributed by atoms with E-state index in [1.165, 1.54) is 22.6 Å². The van der Waals surface area contributed by atoms with E-state index in [4.69, 9.17) is 4.74 Å². The van der Waals surface area contributed by atoms with Gasteiger partial charge in [-0.15, -0.1) is 0 Å². The molecule has 2 nitrogen and oxygen atoms in total. The minimum atomic E-state index is -1.54. The number of ether oxygens (including phenoxy) is 1. The molecule has 0 N–H and O–H groups in total. The second kappa shape index (κ2) is 5.35. The van der Waals surface area contributed by atoms with Gasteiger partial charge in [-0.1, -0.05) is 27.7 Å². The molecule has 1 fully saturated rings. The lowest BCUT2D eigenvalue weighted by Crippen LogP contribution is -2.14. The van der Waals surface area contributed by atoms with Gasteiger partial charge in [0.25, 0.3) is 0 Å². The molecule has 1 aliphatic rings. The molecule has 0 heterocycles. The number of halogens is 5. The van der Waals surface area contributed by atoms with Crippen LogP contribution in [0.5, 0.6) is 0 Å². The molecule has 1 saturated carbocycles. The number of benzene rings is 1. The number of hydrogen-bond donors (Lipinski definition) is 0. The molecule has 1 aromatic carbocycles. The molecule has 7 heteroatoms. The standard InChI is InChI=1S/C15H15F4IO2/c1-14(2)12(15(14,3)4)13(21)22-5-6-7(16)9(18)11(20)10(19)8(6)17/h12H,5H2,1-4H3. The van der Waals surface area contributed by atoms with E-state index in [1.807, 2.05) is 27.7 Å². The third-order valence-corrected chi connectivity index (χ3v) is 5.86. The molecule has 122 valence electrons. The van der Waals surface area contributed by atoms with Gasteiger partial charge in [-0.05, 0) is 33.4 Å². The average molecular weight is 430 g/mol. The van der Waals surface area contributed by atoms with Crippen LogP contribution < -0.4 is 0 Å². The van der Waals surface area contributed by atoms with Crippen LogP contribution in [0.4, 0.5) is 17.6 Å². The summed E-state index contributed by atoms with van der Waals surface area (Å²) in [5.74, 6) is -7.11. The van der Waals surface area contributed by atoms with Crippen molar-refractivity contribution in [3.8, 4) is 0 Å². The van der Waals surface area contributed by atoms with E-state index >= 15 is 0 Å². The lowest BCUT2D eigenvalue weighted by molar-refractivity contribution is -0.148. The molecule has 0 spiro atoms. The summed E-state index contributed by atoms with van der Waals surface area (Å²) in [6, 6.07) is 0. The minimum Gasteiger partial charge on any atom is -0.460 e. The number of esters is 1. The van der Waals surface area contributed by atoms with Gasteiger partial charge < -0.3 is 4.74 Å². The van der Waals surface area contributed by atoms with Gasteiger partial charge in [0.2, 0.25) is 0 Å². The van der Waals surface area contributed by atoms with E-state index < -0.39 is 50.9 Å². The van der Waals surface area contributed by atoms with Crippen LogP contribution >= 0.6 is 22.6 Å². The Balaban J connectivity index is 2.19. The Morgan fingerprint density at radius 1 is 1.00 bits per heavy atom. The Bertz CT molecular complexity index is 612. The van der Waals surface area contributed by atoms with Crippen LogP contribution in [-0.4, -0.2) is 5.97 Å². The van der Waals surface area contributed by atoms with E-state index in [9.17, 15) is 22.4 Å². The highest BCUT2D eigenvalue weighted by atomic mass is 127.